The Morgan fingerprint density at radius 3 is 2.07 bits per heavy atom. The van der Waals surface area contributed by atoms with Crippen LogP contribution in [0.1, 0.15) is 5.56 Å². The molecule has 0 aliphatic carbocycles. The third-order valence-corrected chi connectivity index (χ3v) is 2.21. The Hall–Kier alpha value is -0.893. The molecule has 7 heteroatoms. The van der Waals surface area contributed by atoms with Gasteiger partial charge in [-0.3, -0.25) is 0 Å². The topological polar surface area (TPSA) is 49.7 Å². The average molecular weight is 224 g/mol. The minimum Gasteiger partial charge on any atom is -0.377 e. The molecule has 0 fully saturated rings. The summed E-state index contributed by atoms with van der Waals surface area (Å²) in [6.45, 7) is 0. The normalized spacial score (nSPS) is 12.1. The largest absolute Gasteiger partial charge is 0.377 e. The summed E-state index contributed by atoms with van der Waals surface area (Å²) in [5, 5.41) is 18.1. The molecule has 0 heterocycles. The zero-order chi connectivity index (χ0) is 10.9. The standard InChI is InChI=1S/C7H7F3O3Si/c8-4-2-6(10)5(9)1-3(4)7(11,12)13-14/h1-2,11-12H,14H3. The second kappa shape index (κ2) is 3.69. The third kappa shape index (κ3) is 1.95. The summed E-state index contributed by atoms with van der Waals surface area (Å²) in [7, 11) is -0.107. The fraction of sp³-hybridized carbons (Fsp3) is 0.143. The van der Waals surface area contributed by atoms with Gasteiger partial charge in [0.2, 0.25) is 0 Å². The van der Waals surface area contributed by atoms with Crippen molar-refractivity contribution in [1.82, 2.24) is 0 Å². The molecule has 0 saturated heterocycles. The summed E-state index contributed by atoms with van der Waals surface area (Å²) in [4.78, 5) is 0. The van der Waals surface area contributed by atoms with Gasteiger partial charge in [0.15, 0.2) is 22.1 Å². The third-order valence-electron chi connectivity index (χ3n) is 1.65. The van der Waals surface area contributed by atoms with Crippen molar-refractivity contribution < 1.29 is 27.8 Å². The summed E-state index contributed by atoms with van der Waals surface area (Å²) in [5.41, 5.74) is -0.855. The number of rotatable bonds is 2. The molecule has 1 aromatic rings. The minimum atomic E-state index is -2.91. The predicted octanol–water partition coefficient (Wildman–Crippen LogP) is -0.504. The molecule has 0 atom stereocenters. The molecular weight excluding hydrogens is 217 g/mol. The summed E-state index contributed by atoms with van der Waals surface area (Å²) < 4.78 is 42.2. The van der Waals surface area contributed by atoms with Crippen LogP contribution in [0.2, 0.25) is 0 Å². The van der Waals surface area contributed by atoms with Crippen LogP contribution in [0.4, 0.5) is 13.2 Å². The second-order valence-corrected chi connectivity index (χ2v) is 2.97. The van der Waals surface area contributed by atoms with Gasteiger partial charge in [0.1, 0.15) is 5.82 Å². The fourth-order valence-electron chi connectivity index (χ4n) is 0.882. The smallest absolute Gasteiger partial charge is 0.299 e. The predicted molar refractivity (Wildman–Crippen MR) is 43.5 cm³/mol. The van der Waals surface area contributed by atoms with Crippen molar-refractivity contribution >= 4 is 10.5 Å². The van der Waals surface area contributed by atoms with E-state index < -0.39 is 29.0 Å². The maximum atomic E-state index is 12.9. The molecular formula is C7H7F3O3Si. The highest BCUT2D eigenvalue weighted by molar-refractivity contribution is 5.98. The van der Waals surface area contributed by atoms with Crippen LogP contribution < -0.4 is 0 Å². The van der Waals surface area contributed by atoms with E-state index in [1.165, 1.54) is 0 Å². The molecule has 2 N–H and O–H groups in total. The Morgan fingerprint density at radius 1 is 1.07 bits per heavy atom. The quantitative estimate of drug-likeness (QED) is 0.404. The number of halogens is 3. The molecule has 1 rings (SSSR count). The number of hydrogen-bond acceptors (Lipinski definition) is 3. The van der Waals surface area contributed by atoms with Crippen LogP contribution in [-0.4, -0.2) is 20.7 Å². The first-order valence-corrected chi connectivity index (χ1v) is 4.35. The molecule has 3 nitrogen and oxygen atoms in total. The van der Waals surface area contributed by atoms with E-state index in [0.29, 0.717) is 6.07 Å². The van der Waals surface area contributed by atoms with Crippen LogP contribution in [0, 0.1) is 17.5 Å². The lowest BCUT2D eigenvalue weighted by Crippen LogP contribution is -2.29. The van der Waals surface area contributed by atoms with Crippen molar-refractivity contribution in [3.05, 3.63) is 35.1 Å². The van der Waals surface area contributed by atoms with Gasteiger partial charge in [-0.25, -0.2) is 13.2 Å². The first-order valence-electron chi connectivity index (χ1n) is 3.53. The first-order chi connectivity index (χ1) is 6.38. The molecule has 0 unspecified atom stereocenters. The zero-order valence-corrected chi connectivity index (χ0v) is 9.09. The highest BCUT2D eigenvalue weighted by Crippen LogP contribution is 2.23. The average Bonchev–Trinajstić information content (AvgIpc) is 2.11. The van der Waals surface area contributed by atoms with Gasteiger partial charge in [-0.2, -0.15) is 0 Å². The maximum Gasteiger partial charge on any atom is 0.299 e. The molecule has 0 saturated carbocycles. The Kier molecular flexibility index (Phi) is 2.95. The van der Waals surface area contributed by atoms with Crippen LogP contribution in [0.25, 0.3) is 0 Å². The number of benzene rings is 1. The van der Waals surface area contributed by atoms with Gasteiger partial charge in [0.05, 0.1) is 5.56 Å². The summed E-state index contributed by atoms with van der Waals surface area (Å²) >= 11 is 0. The van der Waals surface area contributed by atoms with Gasteiger partial charge >= 0.3 is 0 Å². The van der Waals surface area contributed by atoms with Gasteiger partial charge < -0.3 is 14.6 Å². The van der Waals surface area contributed by atoms with E-state index in [1.54, 1.807) is 0 Å². The summed E-state index contributed by atoms with van der Waals surface area (Å²) in [6, 6.07) is 0.551. The molecule has 0 aromatic heterocycles. The van der Waals surface area contributed by atoms with Crippen molar-refractivity contribution in [1.29, 1.82) is 0 Å². The van der Waals surface area contributed by atoms with Gasteiger partial charge in [-0.15, -0.1) is 0 Å². The maximum absolute atomic E-state index is 12.9. The molecule has 0 spiro atoms. The SMILES string of the molecule is OC(O)(O[SiH3])c1cc(F)c(F)cc1F. The van der Waals surface area contributed by atoms with Crippen molar-refractivity contribution in [2.75, 3.05) is 0 Å². The van der Waals surface area contributed by atoms with E-state index in [2.05, 4.69) is 4.43 Å². The van der Waals surface area contributed by atoms with E-state index in [1.807, 2.05) is 0 Å². The van der Waals surface area contributed by atoms with Crippen molar-refractivity contribution in [2.45, 2.75) is 5.97 Å². The first kappa shape index (κ1) is 11.2. The highest BCUT2D eigenvalue weighted by Gasteiger charge is 2.30. The van der Waals surface area contributed by atoms with Gasteiger partial charge in [0.25, 0.3) is 5.97 Å². The van der Waals surface area contributed by atoms with E-state index >= 15 is 0 Å². The molecule has 0 bridgehead atoms. The Balaban J connectivity index is 3.29. The highest BCUT2D eigenvalue weighted by atomic mass is 28.2. The van der Waals surface area contributed by atoms with Crippen molar-refractivity contribution in [3.63, 3.8) is 0 Å². The van der Waals surface area contributed by atoms with Crippen molar-refractivity contribution in [3.8, 4) is 0 Å². The van der Waals surface area contributed by atoms with Crippen LogP contribution in [0.15, 0.2) is 12.1 Å². The molecule has 0 amide bonds. The Bertz CT molecular complexity index is 356. The van der Waals surface area contributed by atoms with Gasteiger partial charge in [0, 0.05) is 6.07 Å². The molecule has 1 aromatic carbocycles. The lowest BCUT2D eigenvalue weighted by molar-refractivity contribution is -0.305. The van der Waals surface area contributed by atoms with Crippen LogP contribution in [-0.2, 0) is 10.4 Å². The number of hydrogen-bond donors (Lipinski definition) is 2. The summed E-state index contributed by atoms with van der Waals surface area (Å²) in [6.07, 6.45) is 0. The zero-order valence-electron chi connectivity index (χ0n) is 7.09. The minimum absolute atomic E-state index is 0.107. The molecule has 14 heavy (non-hydrogen) atoms. The van der Waals surface area contributed by atoms with E-state index in [-0.39, 0.29) is 16.6 Å². The van der Waals surface area contributed by atoms with Crippen LogP contribution in [0.3, 0.4) is 0 Å². The van der Waals surface area contributed by atoms with E-state index in [0.717, 1.165) is 0 Å². The molecule has 0 radical (unpaired) electrons. The molecule has 0 aliphatic rings. The molecule has 78 valence electrons. The van der Waals surface area contributed by atoms with E-state index in [9.17, 15) is 13.2 Å². The van der Waals surface area contributed by atoms with E-state index in [4.69, 9.17) is 10.2 Å². The lowest BCUT2D eigenvalue weighted by atomic mass is 10.1. The summed E-state index contributed by atoms with van der Waals surface area (Å²) in [5.74, 6) is -6.99. The lowest BCUT2D eigenvalue weighted by Gasteiger charge is -2.20. The fourth-order valence-corrected chi connectivity index (χ4v) is 1.10. The monoisotopic (exact) mass is 224 g/mol. The van der Waals surface area contributed by atoms with Gasteiger partial charge in [-0.05, 0) is 6.07 Å². The van der Waals surface area contributed by atoms with Gasteiger partial charge in [-0.1, -0.05) is 0 Å². The molecule has 0 aliphatic heterocycles. The Morgan fingerprint density at radius 2 is 1.57 bits per heavy atom. The Labute approximate surface area is 80.3 Å². The number of aliphatic hydroxyl groups is 2. The van der Waals surface area contributed by atoms with Crippen LogP contribution >= 0.6 is 0 Å². The second-order valence-electron chi connectivity index (χ2n) is 2.56. The van der Waals surface area contributed by atoms with Crippen LogP contribution in [0.5, 0.6) is 0 Å². The van der Waals surface area contributed by atoms with Crippen molar-refractivity contribution in [2.24, 2.45) is 0 Å².